The second-order valence-electron chi connectivity index (χ2n) is 4.15. The number of nitrogens with two attached hydrogens (primary N) is 1. The molecule has 1 rings (SSSR count). The highest BCUT2D eigenvalue weighted by molar-refractivity contribution is 5.36. The van der Waals surface area contributed by atoms with Crippen molar-refractivity contribution in [2.45, 2.75) is 38.8 Å². The number of alkyl halides is 6. The molecule has 0 radical (unpaired) electrons. The minimum atomic E-state index is -5.59. The summed E-state index contributed by atoms with van der Waals surface area (Å²) in [6, 6.07) is 1.49. The molecule has 0 unspecified atom stereocenters. The molecular weight excluding hydrogens is 290 g/mol. The summed E-state index contributed by atoms with van der Waals surface area (Å²) in [5, 5.41) is 0. The lowest BCUT2D eigenvalue weighted by atomic mass is 10.1. The predicted molar refractivity (Wildman–Crippen MR) is 58.1 cm³/mol. The van der Waals surface area contributed by atoms with Gasteiger partial charge in [0.1, 0.15) is 0 Å². The van der Waals surface area contributed by atoms with Crippen LogP contribution in [0.15, 0.2) is 6.07 Å². The molecule has 0 aliphatic heterocycles. The van der Waals surface area contributed by atoms with Gasteiger partial charge >= 0.3 is 12.4 Å². The molecule has 0 aliphatic carbocycles. The van der Waals surface area contributed by atoms with E-state index in [0.29, 0.717) is 5.56 Å². The third-order valence-corrected chi connectivity index (χ3v) is 2.47. The number of nitrogens with zero attached hydrogens (tertiary/aromatic N) is 1. The van der Waals surface area contributed by atoms with Crippen LogP contribution in [0.3, 0.4) is 0 Å². The van der Waals surface area contributed by atoms with Crippen molar-refractivity contribution in [1.82, 2.24) is 4.98 Å². The summed E-state index contributed by atoms with van der Waals surface area (Å²) in [7, 11) is 0. The zero-order valence-electron chi connectivity index (χ0n) is 10.6. The van der Waals surface area contributed by atoms with Gasteiger partial charge in [-0.05, 0) is 25.5 Å². The molecular formula is C11H12F6N2O. The summed E-state index contributed by atoms with van der Waals surface area (Å²) in [4.78, 5) is 3.57. The molecule has 2 N–H and O–H groups in total. The monoisotopic (exact) mass is 302 g/mol. The number of hydrogen-bond acceptors (Lipinski definition) is 3. The summed E-state index contributed by atoms with van der Waals surface area (Å²) < 4.78 is 78.7. The van der Waals surface area contributed by atoms with Crippen molar-refractivity contribution < 1.29 is 31.1 Å². The van der Waals surface area contributed by atoms with E-state index < -0.39 is 24.3 Å². The average molecular weight is 302 g/mol. The molecule has 0 saturated carbocycles. The fourth-order valence-electron chi connectivity index (χ4n) is 1.61. The lowest BCUT2D eigenvalue weighted by Crippen LogP contribution is -2.47. The molecule has 0 spiro atoms. The maximum absolute atomic E-state index is 12.4. The Bertz CT molecular complexity index is 469. The molecule has 1 aromatic heterocycles. The van der Waals surface area contributed by atoms with Crippen molar-refractivity contribution in [2.24, 2.45) is 5.73 Å². The molecule has 0 amide bonds. The van der Waals surface area contributed by atoms with E-state index in [0.717, 1.165) is 0 Å². The molecule has 3 nitrogen and oxygen atoms in total. The van der Waals surface area contributed by atoms with Gasteiger partial charge in [0.2, 0.25) is 5.88 Å². The van der Waals surface area contributed by atoms with Crippen molar-refractivity contribution in [3.8, 4) is 5.88 Å². The summed E-state index contributed by atoms with van der Waals surface area (Å²) >= 11 is 0. The predicted octanol–water partition coefficient (Wildman–Crippen LogP) is 3.03. The molecule has 1 aromatic rings. The van der Waals surface area contributed by atoms with Crippen LogP contribution in [-0.2, 0) is 6.54 Å². The average Bonchev–Trinajstić information content (AvgIpc) is 2.22. The third kappa shape index (κ3) is 3.75. The molecule has 0 fully saturated rings. The molecule has 0 atom stereocenters. The highest BCUT2D eigenvalue weighted by atomic mass is 19.4. The van der Waals surface area contributed by atoms with Crippen LogP contribution in [-0.4, -0.2) is 23.4 Å². The SMILES string of the molecule is Cc1cc(C)c(CN)c(OC(C(F)(F)F)C(F)(F)F)n1. The van der Waals surface area contributed by atoms with Gasteiger partial charge in [-0.2, -0.15) is 26.3 Å². The van der Waals surface area contributed by atoms with Crippen LogP contribution in [0, 0.1) is 13.8 Å². The van der Waals surface area contributed by atoms with Gasteiger partial charge in [-0.25, -0.2) is 4.98 Å². The van der Waals surface area contributed by atoms with Crippen LogP contribution in [0.1, 0.15) is 16.8 Å². The lowest BCUT2D eigenvalue weighted by Gasteiger charge is -2.24. The standard InChI is InChI=1S/C11H12F6N2O/c1-5-3-6(2)19-8(7(5)4-18)20-9(10(12,13)14)11(15,16)17/h3,9H,4,18H2,1-2H3. The first-order valence-electron chi connectivity index (χ1n) is 5.44. The van der Waals surface area contributed by atoms with Gasteiger partial charge in [-0.3, -0.25) is 0 Å². The highest BCUT2D eigenvalue weighted by Crippen LogP contribution is 2.37. The van der Waals surface area contributed by atoms with Crippen molar-refractivity contribution in [3.05, 3.63) is 22.9 Å². The molecule has 1 heterocycles. The van der Waals surface area contributed by atoms with E-state index in [1.165, 1.54) is 19.9 Å². The summed E-state index contributed by atoms with van der Waals surface area (Å²) in [6.45, 7) is 2.65. The number of hydrogen-bond donors (Lipinski definition) is 1. The zero-order valence-corrected chi connectivity index (χ0v) is 10.6. The van der Waals surface area contributed by atoms with Crippen LogP contribution < -0.4 is 10.5 Å². The second-order valence-corrected chi connectivity index (χ2v) is 4.15. The van der Waals surface area contributed by atoms with Gasteiger partial charge in [-0.15, -0.1) is 0 Å². The number of aryl methyl sites for hydroxylation is 2. The first-order valence-corrected chi connectivity index (χ1v) is 5.44. The van der Waals surface area contributed by atoms with Crippen LogP contribution in [0.5, 0.6) is 5.88 Å². The van der Waals surface area contributed by atoms with Crippen LogP contribution >= 0.6 is 0 Å². The number of ether oxygens (including phenoxy) is 1. The van der Waals surface area contributed by atoms with Crippen molar-refractivity contribution in [3.63, 3.8) is 0 Å². The van der Waals surface area contributed by atoms with Crippen LogP contribution in [0.25, 0.3) is 0 Å². The molecule has 114 valence electrons. The lowest BCUT2D eigenvalue weighted by molar-refractivity contribution is -0.300. The first kappa shape index (κ1) is 16.5. The Morgan fingerprint density at radius 2 is 1.65 bits per heavy atom. The van der Waals surface area contributed by atoms with Crippen LogP contribution in [0.2, 0.25) is 0 Å². The summed E-state index contributed by atoms with van der Waals surface area (Å²) in [5.41, 5.74) is 5.97. The largest absolute Gasteiger partial charge is 0.454 e. The number of aromatic nitrogens is 1. The maximum Gasteiger partial charge on any atom is 0.434 e. The molecule has 20 heavy (non-hydrogen) atoms. The maximum atomic E-state index is 12.4. The summed E-state index contributed by atoms with van der Waals surface area (Å²) in [5.74, 6) is -0.746. The Kier molecular flexibility index (Phi) is 4.52. The van der Waals surface area contributed by atoms with E-state index >= 15 is 0 Å². The van der Waals surface area contributed by atoms with Crippen molar-refractivity contribution >= 4 is 0 Å². The Morgan fingerprint density at radius 1 is 1.15 bits per heavy atom. The topological polar surface area (TPSA) is 48.1 Å². The van der Waals surface area contributed by atoms with Gasteiger partial charge < -0.3 is 10.5 Å². The smallest absolute Gasteiger partial charge is 0.434 e. The van der Waals surface area contributed by atoms with Crippen molar-refractivity contribution in [1.29, 1.82) is 0 Å². The number of pyridine rings is 1. The van der Waals surface area contributed by atoms with Crippen LogP contribution in [0.4, 0.5) is 26.3 Å². The highest BCUT2D eigenvalue weighted by Gasteiger charge is 2.59. The van der Waals surface area contributed by atoms with Gasteiger partial charge in [0, 0.05) is 17.8 Å². The molecule has 0 aromatic carbocycles. The summed E-state index contributed by atoms with van der Waals surface area (Å²) in [6.07, 6.45) is -15.1. The van der Waals surface area contributed by atoms with Crippen molar-refractivity contribution in [2.75, 3.05) is 0 Å². The third-order valence-electron chi connectivity index (χ3n) is 2.47. The Morgan fingerprint density at radius 3 is 2.05 bits per heavy atom. The van der Waals surface area contributed by atoms with E-state index in [9.17, 15) is 26.3 Å². The zero-order chi connectivity index (χ0) is 15.7. The molecule has 9 heteroatoms. The minimum Gasteiger partial charge on any atom is -0.454 e. The second kappa shape index (κ2) is 5.47. The van der Waals surface area contributed by atoms with Gasteiger partial charge in [0.25, 0.3) is 6.10 Å². The Labute approximate surface area is 110 Å². The fraction of sp³-hybridized carbons (Fsp3) is 0.545. The van der Waals surface area contributed by atoms with E-state index in [2.05, 4.69) is 9.72 Å². The van der Waals surface area contributed by atoms with E-state index in [1.54, 1.807) is 0 Å². The number of halogens is 6. The quantitative estimate of drug-likeness (QED) is 0.873. The molecule has 0 bridgehead atoms. The van der Waals surface area contributed by atoms with E-state index in [4.69, 9.17) is 5.73 Å². The minimum absolute atomic E-state index is 0.00843. The normalized spacial score (nSPS) is 12.9. The van der Waals surface area contributed by atoms with Gasteiger partial charge in [0.15, 0.2) is 0 Å². The van der Waals surface area contributed by atoms with E-state index in [1.807, 2.05) is 0 Å². The fourth-order valence-corrected chi connectivity index (χ4v) is 1.61. The van der Waals surface area contributed by atoms with Gasteiger partial charge in [-0.1, -0.05) is 0 Å². The molecule has 0 saturated heterocycles. The van der Waals surface area contributed by atoms with Gasteiger partial charge in [0.05, 0.1) is 0 Å². The number of rotatable bonds is 3. The molecule has 0 aliphatic rings. The van der Waals surface area contributed by atoms with E-state index in [-0.39, 0.29) is 17.8 Å². The Hall–Kier alpha value is -1.51. The first-order chi connectivity index (χ1) is 8.96. The Balaban J connectivity index is 3.25.